The molecule has 1 fully saturated rings. The lowest BCUT2D eigenvalue weighted by molar-refractivity contribution is 0.0904. The SMILES string of the molecule is CN=C(NCCCn1cccn1)N1CCN(S(=O)(=O)CCOC(C)C)CC1. The maximum absolute atomic E-state index is 12.4. The van der Waals surface area contributed by atoms with Crippen molar-refractivity contribution in [2.45, 2.75) is 32.9 Å². The van der Waals surface area contributed by atoms with Gasteiger partial charge in [0, 0.05) is 58.7 Å². The van der Waals surface area contributed by atoms with Crippen LogP contribution in [0.4, 0.5) is 0 Å². The molecule has 2 rings (SSSR count). The van der Waals surface area contributed by atoms with Crippen molar-refractivity contribution in [1.29, 1.82) is 0 Å². The highest BCUT2D eigenvalue weighted by atomic mass is 32.2. The number of nitrogens with one attached hydrogen (secondary N) is 1. The molecule has 0 unspecified atom stereocenters. The highest BCUT2D eigenvalue weighted by Gasteiger charge is 2.27. The largest absolute Gasteiger partial charge is 0.378 e. The number of hydrogen-bond acceptors (Lipinski definition) is 5. The minimum Gasteiger partial charge on any atom is -0.378 e. The molecule has 0 amide bonds. The number of aryl methyl sites for hydroxylation is 1. The van der Waals surface area contributed by atoms with Crippen molar-refractivity contribution in [2.75, 3.05) is 52.1 Å². The molecule has 9 nitrogen and oxygen atoms in total. The van der Waals surface area contributed by atoms with Crippen LogP contribution in [0, 0.1) is 0 Å². The van der Waals surface area contributed by atoms with E-state index in [2.05, 4.69) is 20.3 Å². The number of hydrogen-bond donors (Lipinski definition) is 1. The lowest BCUT2D eigenvalue weighted by Crippen LogP contribution is -2.54. The summed E-state index contributed by atoms with van der Waals surface area (Å²) >= 11 is 0. The Morgan fingerprint density at radius 2 is 2.04 bits per heavy atom. The van der Waals surface area contributed by atoms with Crippen molar-refractivity contribution in [2.24, 2.45) is 4.99 Å². The Labute approximate surface area is 162 Å². The standard InChI is InChI=1S/C17H32N6O3S/c1-16(2)26-14-15-27(24,25)23-12-10-21(11-13-23)17(18-3)19-6-4-8-22-9-5-7-20-22/h5,7,9,16H,4,6,8,10-15H2,1-3H3,(H,18,19). The number of guanidine groups is 1. The average molecular weight is 401 g/mol. The Morgan fingerprint density at radius 1 is 1.30 bits per heavy atom. The third-order valence-corrected chi connectivity index (χ3v) is 6.18. The Kier molecular flexibility index (Phi) is 8.52. The summed E-state index contributed by atoms with van der Waals surface area (Å²) in [4.78, 5) is 6.43. The van der Waals surface area contributed by atoms with Gasteiger partial charge in [0.25, 0.3) is 0 Å². The molecule has 1 saturated heterocycles. The van der Waals surface area contributed by atoms with E-state index in [1.807, 2.05) is 30.8 Å². The van der Waals surface area contributed by atoms with Gasteiger partial charge in [0.05, 0.1) is 18.5 Å². The van der Waals surface area contributed by atoms with Crippen molar-refractivity contribution in [3.8, 4) is 0 Å². The number of ether oxygens (including phenoxy) is 1. The molecule has 0 bridgehead atoms. The molecule has 0 saturated carbocycles. The van der Waals surface area contributed by atoms with Crippen molar-refractivity contribution < 1.29 is 13.2 Å². The Balaban J connectivity index is 1.72. The molecule has 0 aliphatic carbocycles. The summed E-state index contributed by atoms with van der Waals surface area (Å²) in [5.41, 5.74) is 0. The lowest BCUT2D eigenvalue weighted by Gasteiger charge is -2.35. The van der Waals surface area contributed by atoms with Crippen molar-refractivity contribution in [3.63, 3.8) is 0 Å². The number of aliphatic imine (C=N–C) groups is 1. The second-order valence-electron chi connectivity index (χ2n) is 6.72. The Hall–Kier alpha value is -1.65. The Bertz CT molecular complexity index is 667. The predicted octanol–water partition coefficient (Wildman–Crippen LogP) is 0.221. The number of nitrogens with zero attached hydrogens (tertiary/aromatic N) is 5. The maximum Gasteiger partial charge on any atom is 0.216 e. The molecule has 1 aliphatic heterocycles. The molecule has 0 atom stereocenters. The van der Waals surface area contributed by atoms with Crippen LogP contribution in [0.1, 0.15) is 20.3 Å². The van der Waals surface area contributed by atoms with E-state index in [1.165, 1.54) is 0 Å². The smallest absolute Gasteiger partial charge is 0.216 e. The van der Waals surface area contributed by atoms with Gasteiger partial charge in [-0.1, -0.05) is 0 Å². The predicted molar refractivity (Wildman–Crippen MR) is 106 cm³/mol. The van der Waals surface area contributed by atoms with Gasteiger partial charge in [-0.3, -0.25) is 9.67 Å². The first-order valence-corrected chi connectivity index (χ1v) is 11.1. The van der Waals surface area contributed by atoms with Gasteiger partial charge in [-0.15, -0.1) is 0 Å². The van der Waals surface area contributed by atoms with Gasteiger partial charge < -0.3 is 15.0 Å². The summed E-state index contributed by atoms with van der Waals surface area (Å²) in [5, 5.41) is 7.53. The summed E-state index contributed by atoms with van der Waals surface area (Å²) in [6.45, 7) is 7.87. The van der Waals surface area contributed by atoms with Crippen molar-refractivity contribution in [1.82, 2.24) is 24.3 Å². The van der Waals surface area contributed by atoms with Crippen molar-refractivity contribution in [3.05, 3.63) is 18.5 Å². The van der Waals surface area contributed by atoms with E-state index in [0.29, 0.717) is 26.2 Å². The summed E-state index contributed by atoms with van der Waals surface area (Å²) < 4.78 is 33.6. The monoisotopic (exact) mass is 400 g/mol. The fourth-order valence-electron chi connectivity index (χ4n) is 2.90. The van der Waals surface area contributed by atoms with Crippen molar-refractivity contribution >= 4 is 16.0 Å². The van der Waals surface area contributed by atoms with Gasteiger partial charge in [0.15, 0.2) is 5.96 Å². The van der Waals surface area contributed by atoms with Crippen LogP contribution >= 0.6 is 0 Å². The molecule has 2 heterocycles. The fraction of sp³-hybridized carbons (Fsp3) is 0.765. The lowest BCUT2D eigenvalue weighted by atomic mass is 10.3. The zero-order chi connectivity index (χ0) is 19.7. The normalized spacial score (nSPS) is 16.9. The van der Waals surface area contributed by atoms with Gasteiger partial charge in [-0.25, -0.2) is 8.42 Å². The van der Waals surface area contributed by atoms with Crippen LogP contribution in [-0.2, 0) is 21.3 Å². The summed E-state index contributed by atoms with van der Waals surface area (Å²) in [6, 6.07) is 1.91. The molecular formula is C17H32N6O3S. The summed E-state index contributed by atoms with van der Waals surface area (Å²) in [6.07, 6.45) is 4.69. The van der Waals surface area contributed by atoms with E-state index >= 15 is 0 Å². The maximum atomic E-state index is 12.4. The van der Waals surface area contributed by atoms with Gasteiger partial charge >= 0.3 is 0 Å². The number of piperazine rings is 1. The van der Waals surface area contributed by atoms with E-state index in [0.717, 1.165) is 25.5 Å². The molecule has 27 heavy (non-hydrogen) atoms. The molecular weight excluding hydrogens is 368 g/mol. The van der Waals surface area contributed by atoms with E-state index in [-0.39, 0.29) is 18.5 Å². The van der Waals surface area contributed by atoms with Gasteiger partial charge in [0.2, 0.25) is 10.0 Å². The molecule has 1 aliphatic rings. The molecule has 1 aromatic rings. The molecule has 0 aromatic carbocycles. The minimum atomic E-state index is -3.27. The van der Waals surface area contributed by atoms with E-state index in [1.54, 1.807) is 17.5 Å². The van der Waals surface area contributed by atoms with Crippen LogP contribution in [0.3, 0.4) is 0 Å². The third-order valence-electron chi connectivity index (χ3n) is 4.34. The Morgan fingerprint density at radius 3 is 2.63 bits per heavy atom. The summed E-state index contributed by atoms with van der Waals surface area (Å²) in [7, 11) is -1.52. The molecule has 154 valence electrons. The highest BCUT2D eigenvalue weighted by molar-refractivity contribution is 7.89. The van der Waals surface area contributed by atoms with Gasteiger partial charge in [-0.05, 0) is 26.3 Å². The average Bonchev–Trinajstić information content (AvgIpc) is 3.15. The molecule has 0 spiro atoms. The van der Waals surface area contributed by atoms with E-state index in [9.17, 15) is 8.42 Å². The fourth-order valence-corrected chi connectivity index (χ4v) is 4.19. The van der Waals surface area contributed by atoms with Crippen LogP contribution in [0.2, 0.25) is 0 Å². The first-order valence-electron chi connectivity index (χ1n) is 9.45. The zero-order valence-electron chi connectivity index (χ0n) is 16.5. The number of sulfonamides is 1. The van der Waals surface area contributed by atoms with Crippen LogP contribution < -0.4 is 5.32 Å². The molecule has 10 heteroatoms. The minimum absolute atomic E-state index is 0.0333. The second kappa shape index (κ2) is 10.6. The van der Waals surface area contributed by atoms with E-state index < -0.39 is 10.0 Å². The first kappa shape index (κ1) is 21.6. The van der Waals surface area contributed by atoms with Gasteiger partial charge in [0.1, 0.15) is 0 Å². The topological polar surface area (TPSA) is 92.1 Å². The quantitative estimate of drug-likeness (QED) is 0.362. The highest BCUT2D eigenvalue weighted by Crippen LogP contribution is 2.09. The second-order valence-corrected chi connectivity index (χ2v) is 8.81. The number of aromatic nitrogens is 2. The first-order chi connectivity index (χ1) is 12.9. The van der Waals surface area contributed by atoms with Crippen LogP contribution in [-0.4, -0.2) is 91.6 Å². The van der Waals surface area contributed by atoms with Gasteiger partial charge in [-0.2, -0.15) is 9.40 Å². The zero-order valence-corrected chi connectivity index (χ0v) is 17.4. The van der Waals surface area contributed by atoms with Crippen LogP contribution in [0.15, 0.2) is 23.5 Å². The summed E-state index contributed by atoms with van der Waals surface area (Å²) in [5.74, 6) is 0.849. The number of rotatable bonds is 9. The molecule has 0 radical (unpaired) electrons. The molecule has 1 N–H and O–H groups in total. The van der Waals surface area contributed by atoms with Crippen LogP contribution in [0.5, 0.6) is 0 Å². The van der Waals surface area contributed by atoms with E-state index in [4.69, 9.17) is 4.74 Å². The van der Waals surface area contributed by atoms with Crippen LogP contribution in [0.25, 0.3) is 0 Å². The molecule has 1 aromatic heterocycles. The third kappa shape index (κ3) is 7.11.